The van der Waals surface area contributed by atoms with Crippen molar-refractivity contribution in [1.29, 1.82) is 0 Å². The SMILES string of the molecule is CN(C)c1ccc(NC(=O)C(C)(C)N(Cc2ccc(Cl)cc2)C(=O)Cn2nnc3ccccc32)cc1. The Labute approximate surface area is 215 Å². The number of carbonyl (C=O) groups is 2. The van der Waals surface area contributed by atoms with Gasteiger partial charge in [-0.2, -0.15) is 0 Å². The number of nitrogens with zero attached hydrogens (tertiary/aromatic N) is 5. The third-order valence-electron chi connectivity index (χ3n) is 6.13. The second-order valence-electron chi connectivity index (χ2n) is 9.30. The lowest BCUT2D eigenvalue weighted by Crippen LogP contribution is -2.55. The van der Waals surface area contributed by atoms with Crippen LogP contribution in [0.25, 0.3) is 11.0 Å². The van der Waals surface area contributed by atoms with Gasteiger partial charge in [-0.05, 0) is 67.9 Å². The van der Waals surface area contributed by atoms with Crippen LogP contribution >= 0.6 is 11.6 Å². The summed E-state index contributed by atoms with van der Waals surface area (Å²) < 4.78 is 1.56. The smallest absolute Gasteiger partial charge is 0.249 e. The van der Waals surface area contributed by atoms with Crippen LogP contribution in [0.2, 0.25) is 5.02 Å². The Bertz CT molecular complexity index is 1360. The normalized spacial score (nSPS) is 11.4. The summed E-state index contributed by atoms with van der Waals surface area (Å²) in [6, 6.07) is 22.2. The molecule has 0 radical (unpaired) electrons. The Morgan fingerprint density at radius 3 is 2.31 bits per heavy atom. The molecule has 4 aromatic rings. The topological polar surface area (TPSA) is 83.4 Å². The number of hydrogen-bond acceptors (Lipinski definition) is 5. The zero-order valence-electron chi connectivity index (χ0n) is 20.8. The minimum atomic E-state index is -1.17. The van der Waals surface area contributed by atoms with E-state index in [1.54, 1.807) is 35.6 Å². The summed E-state index contributed by atoms with van der Waals surface area (Å²) in [5.74, 6) is -0.561. The first-order valence-electron chi connectivity index (χ1n) is 11.6. The van der Waals surface area contributed by atoms with Gasteiger partial charge < -0.3 is 15.1 Å². The number of amides is 2. The zero-order valence-corrected chi connectivity index (χ0v) is 21.5. The molecule has 0 aliphatic rings. The molecule has 0 saturated carbocycles. The average Bonchev–Trinajstić information content (AvgIpc) is 3.26. The van der Waals surface area contributed by atoms with Crippen molar-refractivity contribution in [3.8, 4) is 0 Å². The number of benzene rings is 3. The lowest BCUT2D eigenvalue weighted by Gasteiger charge is -2.37. The van der Waals surface area contributed by atoms with Crippen LogP contribution < -0.4 is 10.2 Å². The molecule has 1 N–H and O–H groups in total. The first-order valence-corrected chi connectivity index (χ1v) is 11.9. The molecule has 186 valence electrons. The molecule has 2 amide bonds. The molecule has 0 spiro atoms. The van der Waals surface area contributed by atoms with Crippen molar-refractivity contribution in [2.45, 2.75) is 32.5 Å². The molecule has 1 aromatic heterocycles. The second kappa shape index (κ2) is 10.4. The van der Waals surface area contributed by atoms with Gasteiger partial charge >= 0.3 is 0 Å². The van der Waals surface area contributed by atoms with E-state index >= 15 is 0 Å². The van der Waals surface area contributed by atoms with Gasteiger partial charge in [-0.25, -0.2) is 4.68 Å². The quantitative estimate of drug-likeness (QED) is 0.379. The Morgan fingerprint density at radius 2 is 1.64 bits per heavy atom. The molecular weight excluding hydrogens is 476 g/mol. The molecule has 9 heteroatoms. The molecule has 0 fully saturated rings. The van der Waals surface area contributed by atoms with E-state index in [9.17, 15) is 9.59 Å². The highest BCUT2D eigenvalue weighted by molar-refractivity contribution is 6.30. The largest absolute Gasteiger partial charge is 0.378 e. The minimum Gasteiger partial charge on any atom is -0.378 e. The molecule has 0 saturated heterocycles. The highest BCUT2D eigenvalue weighted by atomic mass is 35.5. The first kappa shape index (κ1) is 25.2. The van der Waals surface area contributed by atoms with Crippen LogP contribution in [-0.4, -0.2) is 51.3 Å². The Hall–Kier alpha value is -3.91. The summed E-state index contributed by atoms with van der Waals surface area (Å²) in [5, 5.41) is 11.9. The molecule has 3 aromatic carbocycles. The van der Waals surface area contributed by atoms with Crippen molar-refractivity contribution < 1.29 is 9.59 Å². The monoisotopic (exact) mass is 504 g/mol. The molecule has 0 atom stereocenters. The molecule has 0 bridgehead atoms. The van der Waals surface area contributed by atoms with E-state index in [1.807, 2.05) is 79.7 Å². The van der Waals surface area contributed by atoms with Crippen LogP contribution in [0.1, 0.15) is 19.4 Å². The van der Waals surface area contributed by atoms with Gasteiger partial charge in [0, 0.05) is 37.0 Å². The Morgan fingerprint density at radius 1 is 0.972 bits per heavy atom. The van der Waals surface area contributed by atoms with E-state index in [0.717, 1.165) is 16.8 Å². The maximum atomic E-state index is 13.7. The van der Waals surface area contributed by atoms with Gasteiger partial charge in [-0.3, -0.25) is 9.59 Å². The molecular formula is C27H29ClN6O2. The van der Waals surface area contributed by atoms with Crippen LogP contribution in [0.3, 0.4) is 0 Å². The van der Waals surface area contributed by atoms with Crippen molar-refractivity contribution in [3.05, 3.63) is 83.4 Å². The van der Waals surface area contributed by atoms with Crippen LogP contribution in [0.4, 0.5) is 11.4 Å². The molecule has 1 heterocycles. The van der Waals surface area contributed by atoms with Crippen LogP contribution in [0.5, 0.6) is 0 Å². The van der Waals surface area contributed by atoms with E-state index in [1.165, 1.54) is 0 Å². The van der Waals surface area contributed by atoms with Crippen molar-refractivity contribution in [2.75, 3.05) is 24.3 Å². The summed E-state index contributed by atoms with van der Waals surface area (Å²) in [6.07, 6.45) is 0. The fraction of sp³-hybridized carbons (Fsp3) is 0.259. The van der Waals surface area contributed by atoms with E-state index in [0.29, 0.717) is 16.2 Å². The van der Waals surface area contributed by atoms with Crippen LogP contribution in [0, 0.1) is 0 Å². The Balaban J connectivity index is 1.60. The fourth-order valence-corrected chi connectivity index (χ4v) is 3.99. The second-order valence-corrected chi connectivity index (χ2v) is 9.73. The molecule has 36 heavy (non-hydrogen) atoms. The Kier molecular flexibility index (Phi) is 7.26. The summed E-state index contributed by atoms with van der Waals surface area (Å²) in [7, 11) is 3.91. The van der Waals surface area contributed by atoms with Gasteiger partial charge in [0.25, 0.3) is 0 Å². The van der Waals surface area contributed by atoms with E-state index in [2.05, 4.69) is 15.6 Å². The van der Waals surface area contributed by atoms with Gasteiger partial charge in [-0.15, -0.1) is 5.10 Å². The average molecular weight is 505 g/mol. The predicted molar refractivity (Wildman–Crippen MR) is 143 cm³/mol. The fourth-order valence-electron chi connectivity index (χ4n) is 3.87. The summed E-state index contributed by atoms with van der Waals surface area (Å²) in [6.45, 7) is 3.65. The third kappa shape index (κ3) is 5.49. The van der Waals surface area contributed by atoms with Gasteiger partial charge in [-0.1, -0.05) is 41.1 Å². The number of rotatable bonds is 8. The molecule has 0 aliphatic carbocycles. The van der Waals surface area contributed by atoms with E-state index < -0.39 is 5.54 Å². The van der Waals surface area contributed by atoms with Crippen LogP contribution in [-0.2, 0) is 22.7 Å². The number of hydrogen-bond donors (Lipinski definition) is 1. The lowest BCUT2D eigenvalue weighted by atomic mass is 9.99. The number of halogens is 1. The van der Waals surface area contributed by atoms with E-state index in [-0.39, 0.29) is 24.9 Å². The minimum absolute atomic E-state index is 0.0532. The number of anilines is 2. The highest BCUT2D eigenvalue weighted by Gasteiger charge is 2.38. The zero-order chi connectivity index (χ0) is 25.9. The lowest BCUT2D eigenvalue weighted by molar-refractivity contribution is -0.145. The molecule has 0 aliphatic heterocycles. The standard InChI is InChI=1S/C27H29ClN6O2/c1-27(2,26(36)29-21-13-15-22(16-14-21)32(3)4)33(17-19-9-11-20(28)12-10-19)25(35)18-34-24-8-6-5-7-23(24)30-31-34/h5-16H,17-18H2,1-4H3,(H,29,36). The summed E-state index contributed by atoms with van der Waals surface area (Å²) in [5.41, 5.74) is 2.81. The summed E-state index contributed by atoms with van der Waals surface area (Å²) in [4.78, 5) is 30.7. The van der Waals surface area contributed by atoms with Crippen molar-refractivity contribution >= 4 is 45.8 Å². The van der Waals surface area contributed by atoms with Crippen molar-refractivity contribution in [2.24, 2.45) is 0 Å². The number of nitrogens with one attached hydrogen (secondary N) is 1. The molecule has 4 rings (SSSR count). The number of aromatic nitrogens is 3. The third-order valence-corrected chi connectivity index (χ3v) is 6.38. The highest BCUT2D eigenvalue weighted by Crippen LogP contribution is 2.24. The van der Waals surface area contributed by atoms with Gasteiger partial charge in [0.15, 0.2) is 0 Å². The van der Waals surface area contributed by atoms with Crippen molar-refractivity contribution in [1.82, 2.24) is 19.9 Å². The van der Waals surface area contributed by atoms with Gasteiger partial charge in [0.1, 0.15) is 17.6 Å². The predicted octanol–water partition coefficient (Wildman–Crippen LogP) is 4.60. The maximum Gasteiger partial charge on any atom is 0.249 e. The van der Waals surface area contributed by atoms with Crippen molar-refractivity contribution in [3.63, 3.8) is 0 Å². The number of fused-ring (bicyclic) bond motifs is 1. The van der Waals surface area contributed by atoms with Gasteiger partial charge in [0.2, 0.25) is 11.8 Å². The van der Waals surface area contributed by atoms with Gasteiger partial charge in [0.05, 0.1) is 5.52 Å². The number of carbonyl (C=O) groups excluding carboxylic acids is 2. The number of para-hydroxylation sites is 1. The van der Waals surface area contributed by atoms with E-state index in [4.69, 9.17) is 11.6 Å². The summed E-state index contributed by atoms with van der Waals surface area (Å²) >= 11 is 6.06. The molecule has 0 unspecified atom stereocenters. The molecule has 8 nitrogen and oxygen atoms in total. The maximum absolute atomic E-state index is 13.7. The van der Waals surface area contributed by atoms with Crippen LogP contribution in [0.15, 0.2) is 72.8 Å². The first-order chi connectivity index (χ1) is 17.1.